The molecular weight excluding hydrogens is 503 g/mol. The number of fused-ring (bicyclic) bond motifs is 8. The first-order chi connectivity index (χ1) is 18.4. The molecular formula is C34H29NOS2. The number of rotatable bonds is 1. The quantitative estimate of drug-likeness (QED) is 0.209. The second-order valence-corrected chi connectivity index (χ2v) is 18.1. The average molecular weight is 532 g/mol. The van der Waals surface area contributed by atoms with Crippen LogP contribution in [0.3, 0.4) is 0 Å². The van der Waals surface area contributed by atoms with Crippen LogP contribution in [0.15, 0.2) is 123 Å². The summed E-state index contributed by atoms with van der Waals surface area (Å²) < 4.78 is 6.85. The van der Waals surface area contributed by atoms with Gasteiger partial charge in [0.25, 0.3) is 0 Å². The summed E-state index contributed by atoms with van der Waals surface area (Å²) in [5.74, 6) is 1.88. The van der Waals surface area contributed by atoms with Crippen LogP contribution in [-0.4, -0.2) is 25.0 Å². The molecule has 0 spiro atoms. The SMILES string of the molecule is CS1(C)c2ccccc2-c2cc3c(cc21)Oc1cc2c(cc1N3c1ccccc1)-c1ccccc1S2(C)C. The van der Waals surface area contributed by atoms with Crippen LogP contribution in [-0.2, 0) is 0 Å². The van der Waals surface area contributed by atoms with E-state index in [-0.39, 0.29) is 0 Å². The van der Waals surface area contributed by atoms with Crippen molar-refractivity contribution in [3.63, 3.8) is 0 Å². The highest BCUT2D eigenvalue weighted by atomic mass is 32.3. The number of benzene rings is 5. The van der Waals surface area contributed by atoms with Crippen molar-refractivity contribution in [2.45, 2.75) is 19.6 Å². The number of nitrogens with zero attached hydrogens (tertiary/aromatic N) is 1. The summed E-state index contributed by atoms with van der Waals surface area (Å²) in [5, 5.41) is 0. The molecule has 8 rings (SSSR count). The number of hydrogen-bond donors (Lipinski definition) is 0. The van der Waals surface area contributed by atoms with Gasteiger partial charge in [0.05, 0.1) is 11.4 Å². The van der Waals surface area contributed by atoms with Crippen molar-refractivity contribution in [3.8, 4) is 33.8 Å². The molecule has 3 heterocycles. The van der Waals surface area contributed by atoms with E-state index in [0.29, 0.717) is 0 Å². The molecule has 5 aromatic rings. The molecule has 188 valence electrons. The van der Waals surface area contributed by atoms with Gasteiger partial charge >= 0.3 is 0 Å². The largest absolute Gasteiger partial charge is 0.453 e. The minimum Gasteiger partial charge on any atom is -0.453 e. The molecule has 38 heavy (non-hydrogen) atoms. The molecule has 0 aromatic heterocycles. The van der Waals surface area contributed by atoms with E-state index in [0.717, 1.165) is 28.6 Å². The van der Waals surface area contributed by atoms with Gasteiger partial charge in [-0.05, 0) is 95.8 Å². The lowest BCUT2D eigenvalue weighted by atomic mass is 10.0. The van der Waals surface area contributed by atoms with Crippen LogP contribution in [0.1, 0.15) is 0 Å². The molecule has 2 nitrogen and oxygen atoms in total. The highest BCUT2D eigenvalue weighted by Crippen LogP contribution is 2.71. The first-order valence-corrected chi connectivity index (χ1v) is 17.8. The van der Waals surface area contributed by atoms with E-state index >= 15 is 0 Å². The maximum atomic E-state index is 6.85. The van der Waals surface area contributed by atoms with E-state index < -0.39 is 20.1 Å². The normalized spacial score (nSPS) is 18.2. The van der Waals surface area contributed by atoms with Crippen LogP contribution < -0.4 is 9.64 Å². The molecule has 0 saturated heterocycles. The molecule has 3 aliphatic rings. The summed E-state index contributed by atoms with van der Waals surface area (Å²) in [6.07, 6.45) is 9.63. The fourth-order valence-electron chi connectivity index (χ4n) is 6.49. The zero-order chi connectivity index (χ0) is 25.8. The smallest absolute Gasteiger partial charge is 0.152 e. The van der Waals surface area contributed by atoms with Crippen molar-refractivity contribution in [3.05, 3.63) is 103 Å². The first kappa shape index (κ1) is 22.4. The third-order valence-corrected chi connectivity index (χ3v) is 14.2. The van der Waals surface area contributed by atoms with Crippen molar-refractivity contribution >= 4 is 37.1 Å². The Balaban J connectivity index is 1.41. The fraction of sp³-hybridized carbons (Fsp3) is 0.118. The minimum absolute atomic E-state index is 0.941. The second kappa shape index (κ2) is 7.49. The van der Waals surface area contributed by atoms with Gasteiger partial charge in [-0.3, -0.25) is 0 Å². The Bertz CT molecular complexity index is 1690. The Morgan fingerprint density at radius 3 is 1.42 bits per heavy atom. The van der Waals surface area contributed by atoms with Gasteiger partial charge in [0.2, 0.25) is 0 Å². The van der Waals surface area contributed by atoms with Crippen LogP contribution in [0.4, 0.5) is 17.1 Å². The van der Waals surface area contributed by atoms with Crippen LogP contribution in [0.5, 0.6) is 11.5 Å². The number of anilines is 3. The van der Waals surface area contributed by atoms with Crippen LogP contribution in [0, 0.1) is 0 Å². The molecule has 0 N–H and O–H groups in total. The highest BCUT2D eigenvalue weighted by molar-refractivity contribution is 8.33. The van der Waals surface area contributed by atoms with Gasteiger partial charge in [0, 0.05) is 25.3 Å². The molecule has 5 aromatic carbocycles. The van der Waals surface area contributed by atoms with Crippen molar-refractivity contribution in [2.24, 2.45) is 0 Å². The Hall–Kier alpha value is -3.60. The van der Waals surface area contributed by atoms with Crippen molar-refractivity contribution < 1.29 is 4.74 Å². The maximum Gasteiger partial charge on any atom is 0.152 e. The van der Waals surface area contributed by atoms with Crippen molar-refractivity contribution in [2.75, 3.05) is 29.9 Å². The minimum atomic E-state index is -1.12. The van der Waals surface area contributed by atoms with E-state index in [4.69, 9.17) is 4.74 Å². The Morgan fingerprint density at radius 1 is 0.474 bits per heavy atom. The molecule has 0 aliphatic carbocycles. The zero-order valence-corrected chi connectivity index (χ0v) is 23.6. The predicted octanol–water partition coefficient (Wildman–Crippen LogP) is 10.2. The van der Waals surface area contributed by atoms with Crippen LogP contribution >= 0.6 is 20.1 Å². The molecule has 3 aliphatic heterocycles. The zero-order valence-electron chi connectivity index (χ0n) is 22.0. The van der Waals surface area contributed by atoms with E-state index in [1.54, 1.807) is 0 Å². The topological polar surface area (TPSA) is 12.5 Å². The third kappa shape index (κ3) is 2.82. The molecule has 0 atom stereocenters. The molecule has 0 radical (unpaired) electrons. The second-order valence-electron chi connectivity index (χ2n) is 11.1. The van der Waals surface area contributed by atoms with Crippen molar-refractivity contribution in [1.29, 1.82) is 0 Å². The molecule has 4 heteroatoms. The van der Waals surface area contributed by atoms with Gasteiger partial charge in [0.1, 0.15) is 0 Å². The lowest BCUT2D eigenvalue weighted by Gasteiger charge is -2.36. The van der Waals surface area contributed by atoms with Crippen molar-refractivity contribution in [1.82, 2.24) is 0 Å². The first-order valence-electron chi connectivity index (χ1n) is 12.9. The summed E-state index contributed by atoms with van der Waals surface area (Å²) in [6.45, 7) is 0. The summed E-state index contributed by atoms with van der Waals surface area (Å²) in [4.78, 5) is 8.15. The molecule has 0 amide bonds. The van der Waals surface area contributed by atoms with Crippen LogP contribution in [0.2, 0.25) is 0 Å². The van der Waals surface area contributed by atoms with Crippen LogP contribution in [0.25, 0.3) is 22.3 Å². The molecule has 0 bridgehead atoms. The Kier molecular flexibility index (Phi) is 4.42. The average Bonchev–Trinajstić information content (AvgIpc) is 3.29. The van der Waals surface area contributed by atoms with Gasteiger partial charge in [-0.1, -0.05) is 54.6 Å². The summed E-state index contributed by atoms with van der Waals surface area (Å²) in [7, 11) is -2.23. The van der Waals surface area contributed by atoms with Gasteiger partial charge in [-0.25, -0.2) is 0 Å². The van der Waals surface area contributed by atoms with E-state index in [9.17, 15) is 0 Å². The number of hydrogen-bond acceptors (Lipinski definition) is 2. The maximum absolute atomic E-state index is 6.85. The van der Waals surface area contributed by atoms with Gasteiger partial charge in [-0.2, -0.15) is 20.1 Å². The standard InChI is InChI=1S/C34H29NOS2/c1-37(2)31-16-10-8-14-23(31)25-18-27-29(20-33(25)37)36-30-21-34-26(24-15-9-11-17-32(24)38(34,3)4)19-28(30)35(27)22-12-6-5-7-13-22/h5-21H,1-4H3. The highest BCUT2D eigenvalue weighted by Gasteiger charge is 2.38. The van der Waals surface area contributed by atoms with E-state index in [1.807, 2.05) is 0 Å². The Labute approximate surface area is 227 Å². The van der Waals surface area contributed by atoms with Gasteiger partial charge in [0.15, 0.2) is 11.5 Å². The third-order valence-electron chi connectivity index (χ3n) is 8.39. The van der Waals surface area contributed by atoms with Gasteiger partial charge < -0.3 is 9.64 Å². The fourth-order valence-corrected chi connectivity index (χ4v) is 11.5. The molecule has 0 unspecified atom stereocenters. The molecule has 0 saturated carbocycles. The monoisotopic (exact) mass is 531 g/mol. The lowest BCUT2D eigenvalue weighted by molar-refractivity contribution is 0.474. The summed E-state index contributed by atoms with van der Waals surface area (Å²) >= 11 is 0. The Morgan fingerprint density at radius 2 is 0.921 bits per heavy atom. The van der Waals surface area contributed by atoms with E-state index in [1.165, 1.54) is 41.8 Å². The number of ether oxygens (including phenoxy) is 1. The predicted molar refractivity (Wildman–Crippen MR) is 164 cm³/mol. The summed E-state index contributed by atoms with van der Waals surface area (Å²) in [5.41, 5.74) is 8.75. The number of para-hydroxylation sites is 1. The molecule has 0 fully saturated rings. The van der Waals surface area contributed by atoms with Gasteiger partial charge in [-0.15, -0.1) is 0 Å². The van der Waals surface area contributed by atoms with E-state index in [2.05, 4.69) is 133 Å². The lowest BCUT2D eigenvalue weighted by Crippen LogP contribution is -2.16. The summed E-state index contributed by atoms with van der Waals surface area (Å²) in [6, 6.07) is 38.0.